The summed E-state index contributed by atoms with van der Waals surface area (Å²) in [7, 11) is 0. The highest BCUT2D eigenvalue weighted by Crippen LogP contribution is 2.33. The van der Waals surface area contributed by atoms with Gasteiger partial charge < -0.3 is 4.74 Å². The van der Waals surface area contributed by atoms with Gasteiger partial charge in [-0.1, -0.05) is 41.6 Å². The minimum Gasteiger partial charge on any atom is -0.465 e. The Labute approximate surface area is 151 Å². The van der Waals surface area contributed by atoms with Crippen molar-refractivity contribution in [3.05, 3.63) is 43.8 Å². The fourth-order valence-electron chi connectivity index (χ4n) is 1.88. The highest BCUT2D eigenvalue weighted by molar-refractivity contribution is 8.26. The van der Waals surface area contributed by atoms with Crippen LogP contribution in [-0.4, -0.2) is 39.2 Å². The number of benzene rings is 1. The molecule has 24 heavy (non-hydrogen) atoms. The second-order valence-electron chi connectivity index (χ2n) is 4.54. The van der Waals surface area contributed by atoms with E-state index in [0.717, 1.165) is 16.7 Å². The van der Waals surface area contributed by atoms with Crippen LogP contribution in [0.25, 0.3) is 6.08 Å². The second kappa shape index (κ2) is 7.73. The number of amides is 1. The standard InChI is InChI=1S/C14H11ClN2O5S2/c1-2-22-12(18)7-16-13(19)11(24-14(16)23)6-8-3-4-9(15)10(5-8)17(20)21/h3-6H,2,7H2,1H3. The Balaban J connectivity index is 2.24. The first kappa shape index (κ1) is 18.4. The number of rotatable bonds is 5. The molecular weight excluding hydrogens is 376 g/mol. The van der Waals surface area contributed by atoms with Gasteiger partial charge in [0.2, 0.25) is 0 Å². The van der Waals surface area contributed by atoms with E-state index in [-0.39, 0.29) is 33.1 Å². The van der Waals surface area contributed by atoms with Crippen molar-refractivity contribution in [2.45, 2.75) is 6.92 Å². The van der Waals surface area contributed by atoms with Gasteiger partial charge in [0.15, 0.2) is 0 Å². The van der Waals surface area contributed by atoms with Crippen molar-refractivity contribution in [3.63, 3.8) is 0 Å². The lowest BCUT2D eigenvalue weighted by molar-refractivity contribution is -0.384. The largest absolute Gasteiger partial charge is 0.465 e. The first-order valence-electron chi connectivity index (χ1n) is 6.68. The maximum atomic E-state index is 12.3. The lowest BCUT2D eigenvalue weighted by Gasteiger charge is -2.12. The monoisotopic (exact) mass is 386 g/mol. The minimum atomic E-state index is -0.606. The molecule has 0 radical (unpaired) electrons. The molecule has 7 nitrogen and oxygen atoms in total. The molecule has 0 N–H and O–H groups in total. The predicted octanol–water partition coefficient (Wildman–Crippen LogP) is 3.01. The molecule has 0 saturated carbocycles. The Morgan fingerprint density at radius 2 is 2.25 bits per heavy atom. The van der Waals surface area contributed by atoms with Gasteiger partial charge in [-0.05, 0) is 24.6 Å². The number of halogens is 1. The molecule has 0 aliphatic carbocycles. The lowest BCUT2D eigenvalue weighted by atomic mass is 10.2. The van der Waals surface area contributed by atoms with Gasteiger partial charge in [-0.15, -0.1) is 0 Å². The van der Waals surface area contributed by atoms with Crippen molar-refractivity contribution in [1.29, 1.82) is 0 Å². The van der Waals surface area contributed by atoms with Crippen LogP contribution >= 0.6 is 35.6 Å². The lowest BCUT2D eigenvalue weighted by Crippen LogP contribution is -2.34. The molecular formula is C14H11ClN2O5S2. The molecule has 2 rings (SSSR count). The Hall–Kier alpha value is -1.97. The van der Waals surface area contributed by atoms with E-state index in [9.17, 15) is 19.7 Å². The Morgan fingerprint density at radius 1 is 1.54 bits per heavy atom. The third kappa shape index (κ3) is 4.11. The van der Waals surface area contributed by atoms with E-state index >= 15 is 0 Å². The van der Waals surface area contributed by atoms with Crippen LogP contribution in [0.3, 0.4) is 0 Å². The minimum absolute atomic E-state index is 0.00649. The van der Waals surface area contributed by atoms with E-state index in [1.54, 1.807) is 13.0 Å². The molecule has 1 aliphatic rings. The van der Waals surface area contributed by atoms with Gasteiger partial charge in [-0.25, -0.2) is 0 Å². The third-order valence-electron chi connectivity index (χ3n) is 2.93. The molecule has 1 aromatic carbocycles. The van der Waals surface area contributed by atoms with Crippen LogP contribution in [0.5, 0.6) is 0 Å². The number of carbonyl (C=O) groups excluding carboxylic acids is 2. The van der Waals surface area contributed by atoms with Gasteiger partial charge in [-0.2, -0.15) is 0 Å². The van der Waals surface area contributed by atoms with E-state index < -0.39 is 16.8 Å². The molecule has 1 saturated heterocycles. The molecule has 1 heterocycles. The van der Waals surface area contributed by atoms with E-state index in [1.165, 1.54) is 18.2 Å². The Morgan fingerprint density at radius 3 is 2.88 bits per heavy atom. The topological polar surface area (TPSA) is 89.8 Å². The summed E-state index contributed by atoms with van der Waals surface area (Å²) in [6.45, 7) is 1.60. The van der Waals surface area contributed by atoms with Gasteiger partial charge in [0.05, 0.1) is 16.4 Å². The fraction of sp³-hybridized carbons (Fsp3) is 0.214. The molecule has 0 aromatic heterocycles. The number of thioether (sulfide) groups is 1. The number of carbonyl (C=O) groups is 2. The number of nitro benzene ring substituents is 1. The van der Waals surface area contributed by atoms with Crippen LogP contribution in [0.1, 0.15) is 12.5 Å². The molecule has 0 spiro atoms. The Bertz CT molecular complexity index is 766. The average Bonchev–Trinajstić information content (AvgIpc) is 2.77. The summed E-state index contributed by atoms with van der Waals surface area (Å²) in [6, 6.07) is 4.19. The average molecular weight is 387 g/mol. The molecule has 0 unspecified atom stereocenters. The van der Waals surface area contributed by atoms with Crippen LogP contribution in [0.15, 0.2) is 23.1 Å². The molecule has 126 valence electrons. The zero-order chi connectivity index (χ0) is 17.9. The normalized spacial score (nSPS) is 15.9. The highest BCUT2D eigenvalue weighted by Gasteiger charge is 2.33. The first-order valence-corrected chi connectivity index (χ1v) is 8.28. The number of nitrogens with zero attached hydrogens (tertiary/aromatic N) is 2. The SMILES string of the molecule is CCOC(=O)CN1C(=O)C(=Cc2ccc(Cl)c([N+](=O)[O-])c2)SC1=S. The summed E-state index contributed by atoms with van der Waals surface area (Å²) >= 11 is 11.9. The number of hydrogen-bond donors (Lipinski definition) is 0. The zero-order valence-corrected chi connectivity index (χ0v) is 14.7. The van der Waals surface area contributed by atoms with Crippen LogP contribution in [0.2, 0.25) is 5.02 Å². The molecule has 1 aliphatic heterocycles. The number of esters is 1. The highest BCUT2D eigenvalue weighted by atomic mass is 35.5. The smallest absolute Gasteiger partial charge is 0.326 e. The second-order valence-corrected chi connectivity index (χ2v) is 6.62. The van der Waals surface area contributed by atoms with Crippen LogP contribution in [0.4, 0.5) is 5.69 Å². The van der Waals surface area contributed by atoms with Crippen LogP contribution in [0, 0.1) is 10.1 Å². The van der Waals surface area contributed by atoms with Crippen LogP contribution in [-0.2, 0) is 14.3 Å². The van der Waals surface area contributed by atoms with Gasteiger partial charge >= 0.3 is 5.97 Å². The van der Waals surface area contributed by atoms with Gasteiger partial charge in [0.25, 0.3) is 11.6 Å². The molecule has 1 aromatic rings. The van der Waals surface area contributed by atoms with Crippen molar-refractivity contribution < 1.29 is 19.2 Å². The fourth-order valence-corrected chi connectivity index (χ4v) is 3.32. The summed E-state index contributed by atoms with van der Waals surface area (Å²) in [4.78, 5) is 35.5. The molecule has 1 amide bonds. The van der Waals surface area contributed by atoms with Crippen molar-refractivity contribution >= 4 is 63.5 Å². The van der Waals surface area contributed by atoms with Crippen LogP contribution < -0.4 is 0 Å². The number of ether oxygens (including phenoxy) is 1. The van der Waals surface area contributed by atoms with Gasteiger partial charge in [0, 0.05) is 6.07 Å². The van der Waals surface area contributed by atoms with E-state index in [1.807, 2.05) is 0 Å². The van der Waals surface area contributed by atoms with E-state index in [4.69, 9.17) is 28.6 Å². The van der Waals surface area contributed by atoms with E-state index in [0.29, 0.717) is 5.56 Å². The maximum absolute atomic E-state index is 12.3. The van der Waals surface area contributed by atoms with Gasteiger partial charge in [0.1, 0.15) is 15.9 Å². The van der Waals surface area contributed by atoms with E-state index in [2.05, 4.69) is 0 Å². The van der Waals surface area contributed by atoms with Crippen molar-refractivity contribution in [2.75, 3.05) is 13.2 Å². The molecule has 1 fully saturated rings. The summed E-state index contributed by atoms with van der Waals surface area (Å²) in [5.74, 6) is -1.01. The summed E-state index contributed by atoms with van der Waals surface area (Å²) in [6.07, 6.45) is 1.47. The third-order valence-corrected chi connectivity index (χ3v) is 4.63. The molecule has 0 atom stereocenters. The zero-order valence-electron chi connectivity index (χ0n) is 12.4. The predicted molar refractivity (Wildman–Crippen MR) is 94.6 cm³/mol. The quantitative estimate of drug-likeness (QED) is 0.252. The van der Waals surface area contributed by atoms with Gasteiger partial charge in [-0.3, -0.25) is 24.6 Å². The molecule has 10 heteroatoms. The summed E-state index contributed by atoms with van der Waals surface area (Å²) in [5.41, 5.74) is 0.176. The number of nitro groups is 1. The number of thiocarbonyl (C=S) groups is 1. The molecule has 0 bridgehead atoms. The summed E-state index contributed by atoms with van der Waals surface area (Å²) in [5, 5.41) is 10.9. The number of hydrogen-bond acceptors (Lipinski definition) is 7. The van der Waals surface area contributed by atoms with Crippen molar-refractivity contribution in [3.8, 4) is 0 Å². The van der Waals surface area contributed by atoms with Crippen molar-refractivity contribution in [2.24, 2.45) is 0 Å². The Kier molecular flexibility index (Phi) is 5.92. The maximum Gasteiger partial charge on any atom is 0.326 e. The summed E-state index contributed by atoms with van der Waals surface area (Å²) < 4.78 is 5.02. The first-order chi connectivity index (χ1) is 11.3. The van der Waals surface area contributed by atoms with Crippen molar-refractivity contribution in [1.82, 2.24) is 4.90 Å².